The van der Waals surface area contributed by atoms with Gasteiger partial charge in [-0.1, -0.05) is 48.5 Å². The van der Waals surface area contributed by atoms with Gasteiger partial charge in [0.1, 0.15) is 13.2 Å². The van der Waals surface area contributed by atoms with Crippen molar-refractivity contribution >= 4 is 29.0 Å². The number of hydrogen-bond acceptors (Lipinski definition) is 7. The number of para-hydroxylation sites is 1. The Labute approximate surface area is 184 Å². The van der Waals surface area contributed by atoms with E-state index >= 15 is 0 Å². The fraction of sp³-hybridized carbons (Fsp3) is 0.292. The molecule has 1 aliphatic rings. The Morgan fingerprint density at radius 1 is 1.00 bits per heavy atom. The highest BCUT2D eigenvalue weighted by atomic mass is 16.7. The van der Waals surface area contributed by atoms with Gasteiger partial charge in [0.15, 0.2) is 5.92 Å². The van der Waals surface area contributed by atoms with Crippen molar-refractivity contribution in [1.29, 1.82) is 0 Å². The van der Waals surface area contributed by atoms with Crippen molar-refractivity contribution in [3.63, 3.8) is 0 Å². The second-order valence-electron chi connectivity index (χ2n) is 7.95. The van der Waals surface area contributed by atoms with E-state index in [0.29, 0.717) is 5.56 Å². The van der Waals surface area contributed by atoms with Crippen molar-refractivity contribution in [2.24, 2.45) is 5.92 Å². The minimum atomic E-state index is -1.36. The van der Waals surface area contributed by atoms with Gasteiger partial charge in [-0.2, -0.15) is 0 Å². The van der Waals surface area contributed by atoms with E-state index < -0.39 is 35.7 Å². The van der Waals surface area contributed by atoms with Crippen molar-refractivity contribution in [3.05, 3.63) is 71.9 Å². The average molecular weight is 437 g/mol. The predicted octanol–water partition coefficient (Wildman–Crippen LogP) is 4.06. The maximum absolute atomic E-state index is 12.7. The molecule has 1 N–H and O–H groups in total. The second kappa shape index (κ2) is 8.74. The molecule has 1 atom stereocenters. The molecule has 8 nitrogen and oxygen atoms in total. The second-order valence-corrected chi connectivity index (χ2v) is 7.95. The molecule has 1 fully saturated rings. The SMILES string of the molecule is CC1(C)OC(=O)C(C(COC(=O)OCc2ccccc2)c2c[nH]c3ccccc23)C(=O)O1. The zero-order valence-corrected chi connectivity index (χ0v) is 17.7. The molecule has 0 amide bonds. The summed E-state index contributed by atoms with van der Waals surface area (Å²) in [5.74, 6) is -4.94. The van der Waals surface area contributed by atoms with E-state index in [2.05, 4.69) is 4.98 Å². The Kier molecular flexibility index (Phi) is 5.85. The molecule has 0 bridgehead atoms. The molecule has 1 aliphatic heterocycles. The lowest BCUT2D eigenvalue weighted by Gasteiger charge is -2.35. The van der Waals surface area contributed by atoms with Gasteiger partial charge in [-0.25, -0.2) is 4.79 Å². The Morgan fingerprint density at radius 2 is 1.66 bits per heavy atom. The molecule has 1 aromatic heterocycles. The minimum Gasteiger partial charge on any atom is -0.434 e. The predicted molar refractivity (Wildman–Crippen MR) is 113 cm³/mol. The van der Waals surface area contributed by atoms with Crippen LogP contribution in [0.5, 0.6) is 0 Å². The summed E-state index contributed by atoms with van der Waals surface area (Å²) < 4.78 is 21.1. The first-order valence-electron chi connectivity index (χ1n) is 10.2. The molecule has 4 rings (SSSR count). The monoisotopic (exact) mass is 437 g/mol. The lowest BCUT2D eigenvalue weighted by atomic mass is 9.85. The molecule has 1 saturated heterocycles. The van der Waals surface area contributed by atoms with Crippen molar-refractivity contribution in [2.75, 3.05) is 6.61 Å². The van der Waals surface area contributed by atoms with Crippen LogP contribution in [0, 0.1) is 5.92 Å². The molecule has 166 valence electrons. The van der Waals surface area contributed by atoms with Crippen LogP contribution in [0.25, 0.3) is 10.9 Å². The number of esters is 2. The summed E-state index contributed by atoms with van der Waals surface area (Å²) in [5.41, 5.74) is 2.26. The minimum absolute atomic E-state index is 0.0408. The normalized spacial score (nSPS) is 16.8. The van der Waals surface area contributed by atoms with E-state index in [1.165, 1.54) is 13.8 Å². The summed E-state index contributed by atoms with van der Waals surface area (Å²) in [7, 11) is 0. The molecule has 0 spiro atoms. The zero-order chi connectivity index (χ0) is 22.7. The summed E-state index contributed by atoms with van der Waals surface area (Å²) in [5, 5.41) is 0.796. The highest BCUT2D eigenvalue weighted by molar-refractivity contribution is 5.98. The molecular weight excluding hydrogens is 414 g/mol. The van der Waals surface area contributed by atoms with E-state index in [0.717, 1.165) is 16.5 Å². The number of carbonyl (C=O) groups excluding carboxylic acids is 3. The van der Waals surface area contributed by atoms with Gasteiger partial charge in [0.05, 0.1) is 0 Å². The van der Waals surface area contributed by atoms with Crippen molar-refractivity contribution in [1.82, 2.24) is 4.98 Å². The topological polar surface area (TPSA) is 104 Å². The van der Waals surface area contributed by atoms with E-state index in [4.69, 9.17) is 18.9 Å². The molecule has 32 heavy (non-hydrogen) atoms. The van der Waals surface area contributed by atoms with Gasteiger partial charge in [0.2, 0.25) is 0 Å². The molecule has 0 saturated carbocycles. The number of cyclic esters (lactones) is 2. The lowest BCUT2D eigenvalue weighted by Crippen LogP contribution is -2.49. The summed E-state index contributed by atoms with van der Waals surface area (Å²) in [6.07, 6.45) is 0.783. The van der Waals surface area contributed by atoms with Crippen LogP contribution in [0.1, 0.15) is 30.9 Å². The number of nitrogens with one attached hydrogen (secondary N) is 1. The van der Waals surface area contributed by atoms with Gasteiger partial charge in [0.25, 0.3) is 5.79 Å². The summed E-state index contributed by atoms with van der Waals surface area (Å²) in [6, 6.07) is 16.6. The molecular formula is C24H23NO7. The van der Waals surface area contributed by atoms with Crippen molar-refractivity contribution in [3.8, 4) is 0 Å². The number of ether oxygens (including phenoxy) is 4. The fourth-order valence-corrected chi connectivity index (χ4v) is 3.74. The van der Waals surface area contributed by atoms with Gasteiger partial charge in [-0.3, -0.25) is 9.59 Å². The van der Waals surface area contributed by atoms with Crippen LogP contribution in [-0.2, 0) is 35.1 Å². The largest absolute Gasteiger partial charge is 0.508 e. The summed E-state index contributed by atoms with van der Waals surface area (Å²) in [6.45, 7) is 2.73. The first kappa shape index (κ1) is 21.4. The van der Waals surface area contributed by atoms with E-state index in [1.807, 2.05) is 54.6 Å². The van der Waals surface area contributed by atoms with Crippen molar-refractivity contribution in [2.45, 2.75) is 32.2 Å². The molecule has 2 heterocycles. The Morgan fingerprint density at radius 3 is 2.38 bits per heavy atom. The Balaban J connectivity index is 1.55. The third-order valence-corrected chi connectivity index (χ3v) is 5.20. The quantitative estimate of drug-likeness (QED) is 0.458. The highest BCUT2D eigenvalue weighted by Crippen LogP contribution is 2.37. The number of aromatic amines is 1. The maximum Gasteiger partial charge on any atom is 0.508 e. The molecule has 8 heteroatoms. The smallest absolute Gasteiger partial charge is 0.434 e. The molecule has 2 aromatic carbocycles. The fourth-order valence-electron chi connectivity index (χ4n) is 3.74. The average Bonchev–Trinajstić information content (AvgIpc) is 3.18. The van der Waals surface area contributed by atoms with Gasteiger partial charge < -0.3 is 23.9 Å². The van der Waals surface area contributed by atoms with Crippen molar-refractivity contribution < 1.29 is 33.3 Å². The van der Waals surface area contributed by atoms with Gasteiger partial charge in [-0.05, 0) is 17.2 Å². The molecule has 0 radical (unpaired) electrons. The first-order chi connectivity index (χ1) is 15.3. The Bertz CT molecular complexity index is 1120. The van der Waals surface area contributed by atoms with Gasteiger partial charge in [0, 0.05) is 36.9 Å². The molecule has 1 unspecified atom stereocenters. The third kappa shape index (κ3) is 4.59. The number of fused-ring (bicyclic) bond motifs is 1. The van der Waals surface area contributed by atoms with Crippen LogP contribution in [-0.4, -0.2) is 35.5 Å². The maximum atomic E-state index is 12.7. The Hall–Kier alpha value is -3.81. The van der Waals surface area contributed by atoms with E-state index in [1.54, 1.807) is 6.20 Å². The van der Waals surface area contributed by atoms with Crippen LogP contribution in [0.4, 0.5) is 4.79 Å². The zero-order valence-electron chi connectivity index (χ0n) is 17.7. The van der Waals surface area contributed by atoms with Crippen LogP contribution in [0.15, 0.2) is 60.8 Å². The van der Waals surface area contributed by atoms with Crippen LogP contribution < -0.4 is 0 Å². The number of H-pyrrole nitrogens is 1. The third-order valence-electron chi connectivity index (χ3n) is 5.20. The van der Waals surface area contributed by atoms with Crippen LogP contribution in [0.2, 0.25) is 0 Å². The van der Waals surface area contributed by atoms with E-state index in [9.17, 15) is 14.4 Å². The molecule has 0 aliphatic carbocycles. The first-order valence-corrected chi connectivity index (χ1v) is 10.2. The summed E-state index contributed by atoms with van der Waals surface area (Å²) in [4.78, 5) is 40.8. The van der Waals surface area contributed by atoms with E-state index in [-0.39, 0.29) is 13.2 Å². The number of hydrogen-bond donors (Lipinski definition) is 1. The van der Waals surface area contributed by atoms with Gasteiger partial charge >= 0.3 is 18.1 Å². The number of rotatable bonds is 6. The highest BCUT2D eigenvalue weighted by Gasteiger charge is 2.48. The lowest BCUT2D eigenvalue weighted by molar-refractivity contribution is -0.241. The number of aromatic nitrogens is 1. The standard InChI is InChI=1S/C24H23NO7/c1-24(2)31-21(26)20(22(27)32-24)18(17-12-25-19-11-7-6-10-16(17)19)14-30-23(28)29-13-15-8-4-3-5-9-15/h3-12,18,20,25H,13-14H2,1-2H3. The van der Waals surface area contributed by atoms with Crippen LogP contribution in [0.3, 0.4) is 0 Å². The molecule has 3 aromatic rings. The van der Waals surface area contributed by atoms with Crippen LogP contribution >= 0.6 is 0 Å². The van der Waals surface area contributed by atoms with Gasteiger partial charge in [-0.15, -0.1) is 0 Å². The summed E-state index contributed by atoms with van der Waals surface area (Å²) >= 11 is 0. The number of benzene rings is 2. The number of carbonyl (C=O) groups is 3.